The Labute approximate surface area is 78.2 Å². The van der Waals surface area contributed by atoms with Gasteiger partial charge in [0, 0.05) is 17.8 Å². The predicted molar refractivity (Wildman–Crippen MR) is 50.9 cm³/mol. The van der Waals surface area contributed by atoms with Crippen molar-refractivity contribution in [1.29, 1.82) is 0 Å². The summed E-state index contributed by atoms with van der Waals surface area (Å²) in [4.78, 5) is 3.72. The maximum atomic E-state index is 13.2. The van der Waals surface area contributed by atoms with Gasteiger partial charge in [0.2, 0.25) is 0 Å². The van der Waals surface area contributed by atoms with Crippen molar-refractivity contribution in [2.24, 2.45) is 0 Å². The maximum Gasteiger partial charge on any atom is 0.146 e. The van der Waals surface area contributed by atoms with Crippen molar-refractivity contribution in [2.45, 2.75) is 25.8 Å². The van der Waals surface area contributed by atoms with Gasteiger partial charge in [-0.25, -0.2) is 4.39 Å². The molecule has 0 aliphatic carbocycles. The van der Waals surface area contributed by atoms with Crippen molar-refractivity contribution in [3.63, 3.8) is 0 Å². The van der Waals surface area contributed by atoms with E-state index in [4.69, 9.17) is 0 Å². The van der Waals surface area contributed by atoms with Gasteiger partial charge in [0.1, 0.15) is 5.82 Å². The molecule has 0 aromatic carbocycles. The first-order chi connectivity index (χ1) is 6.29. The molecule has 0 fully saturated rings. The number of hydrogen-bond donors (Lipinski definition) is 1. The lowest BCUT2D eigenvalue weighted by atomic mass is 10.0. The molecule has 0 amide bonds. The van der Waals surface area contributed by atoms with Crippen molar-refractivity contribution < 1.29 is 4.39 Å². The van der Waals surface area contributed by atoms with Crippen LogP contribution in [0.2, 0.25) is 0 Å². The Morgan fingerprint density at radius 2 is 2.38 bits per heavy atom. The van der Waals surface area contributed by atoms with Crippen LogP contribution in [0.5, 0.6) is 0 Å². The van der Waals surface area contributed by atoms with Crippen LogP contribution >= 0.6 is 0 Å². The summed E-state index contributed by atoms with van der Waals surface area (Å²) in [6, 6.07) is 1.83. The van der Waals surface area contributed by atoms with Crippen LogP contribution in [0.15, 0.2) is 18.5 Å². The Balaban J connectivity index is 2.84. The second-order valence-corrected chi connectivity index (χ2v) is 3.03. The van der Waals surface area contributed by atoms with E-state index in [2.05, 4.69) is 17.2 Å². The fourth-order valence-corrected chi connectivity index (χ4v) is 1.41. The van der Waals surface area contributed by atoms with E-state index in [-0.39, 0.29) is 11.9 Å². The van der Waals surface area contributed by atoms with Gasteiger partial charge in [-0.3, -0.25) is 4.98 Å². The van der Waals surface area contributed by atoms with Crippen molar-refractivity contribution in [1.82, 2.24) is 10.3 Å². The number of halogens is 1. The minimum Gasteiger partial charge on any atom is -0.313 e. The standard InChI is InChI=1S/C10H15FN2/c1-3-4-10(12-2)8-5-6-13-7-9(8)11/h5-7,10,12H,3-4H2,1-2H3. The molecule has 0 spiro atoms. The number of nitrogens with one attached hydrogen (secondary N) is 1. The Hall–Kier alpha value is -0.960. The van der Waals surface area contributed by atoms with Gasteiger partial charge in [0.15, 0.2) is 0 Å². The van der Waals surface area contributed by atoms with Gasteiger partial charge in [-0.1, -0.05) is 13.3 Å². The quantitative estimate of drug-likeness (QED) is 0.772. The highest BCUT2D eigenvalue weighted by molar-refractivity contribution is 5.17. The topological polar surface area (TPSA) is 24.9 Å². The third-order valence-electron chi connectivity index (χ3n) is 2.11. The molecule has 1 aromatic rings. The van der Waals surface area contributed by atoms with Crippen LogP contribution in [-0.2, 0) is 0 Å². The molecule has 0 aliphatic rings. The Bertz CT molecular complexity index is 263. The summed E-state index contributed by atoms with van der Waals surface area (Å²) >= 11 is 0. The van der Waals surface area contributed by atoms with E-state index >= 15 is 0 Å². The zero-order valence-corrected chi connectivity index (χ0v) is 8.05. The fourth-order valence-electron chi connectivity index (χ4n) is 1.41. The predicted octanol–water partition coefficient (Wildman–Crippen LogP) is 2.28. The van der Waals surface area contributed by atoms with Gasteiger partial charge in [0.05, 0.1) is 6.20 Å². The highest BCUT2D eigenvalue weighted by atomic mass is 19.1. The second-order valence-electron chi connectivity index (χ2n) is 3.03. The van der Waals surface area contributed by atoms with Crippen molar-refractivity contribution in [2.75, 3.05) is 7.05 Å². The van der Waals surface area contributed by atoms with Crippen LogP contribution in [0.25, 0.3) is 0 Å². The molecule has 1 rings (SSSR count). The molecule has 1 N–H and O–H groups in total. The average Bonchev–Trinajstić information content (AvgIpc) is 2.16. The van der Waals surface area contributed by atoms with Crippen LogP contribution in [-0.4, -0.2) is 12.0 Å². The number of rotatable bonds is 4. The smallest absolute Gasteiger partial charge is 0.146 e. The number of pyridine rings is 1. The third kappa shape index (κ3) is 2.49. The van der Waals surface area contributed by atoms with Crippen LogP contribution < -0.4 is 5.32 Å². The normalized spacial score (nSPS) is 12.8. The fraction of sp³-hybridized carbons (Fsp3) is 0.500. The molecule has 0 saturated heterocycles. The second kappa shape index (κ2) is 4.92. The molecular weight excluding hydrogens is 167 g/mol. The highest BCUT2D eigenvalue weighted by Gasteiger charge is 2.11. The average molecular weight is 182 g/mol. The molecule has 72 valence electrons. The van der Waals surface area contributed by atoms with Crippen LogP contribution in [0, 0.1) is 5.82 Å². The van der Waals surface area contributed by atoms with Gasteiger partial charge in [-0.2, -0.15) is 0 Å². The summed E-state index contributed by atoms with van der Waals surface area (Å²) in [5.74, 6) is -0.227. The Morgan fingerprint density at radius 1 is 1.62 bits per heavy atom. The van der Waals surface area contributed by atoms with E-state index in [0.29, 0.717) is 5.56 Å². The number of hydrogen-bond acceptors (Lipinski definition) is 2. The molecule has 2 nitrogen and oxygen atoms in total. The van der Waals surface area contributed by atoms with E-state index in [1.807, 2.05) is 7.05 Å². The summed E-state index contributed by atoms with van der Waals surface area (Å²) in [7, 11) is 1.85. The summed E-state index contributed by atoms with van der Waals surface area (Å²) in [6.07, 6.45) is 4.86. The Morgan fingerprint density at radius 3 is 2.92 bits per heavy atom. The zero-order chi connectivity index (χ0) is 9.68. The summed E-state index contributed by atoms with van der Waals surface area (Å²) in [5, 5.41) is 3.09. The minimum absolute atomic E-state index is 0.105. The van der Waals surface area contributed by atoms with E-state index < -0.39 is 0 Å². The Kier molecular flexibility index (Phi) is 3.83. The lowest BCUT2D eigenvalue weighted by Crippen LogP contribution is -2.17. The SMILES string of the molecule is CCCC(NC)c1ccncc1F. The van der Waals surface area contributed by atoms with Gasteiger partial charge >= 0.3 is 0 Å². The minimum atomic E-state index is -0.227. The highest BCUT2D eigenvalue weighted by Crippen LogP contribution is 2.19. The van der Waals surface area contributed by atoms with Gasteiger partial charge in [-0.15, -0.1) is 0 Å². The van der Waals surface area contributed by atoms with E-state index in [0.717, 1.165) is 12.8 Å². The molecule has 1 aromatic heterocycles. The molecule has 1 atom stereocenters. The molecule has 1 heterocycles. The molecule has 1 unspecified atom stereocenters. The molecule has 0 aliphatic heterocycles. The van der Waals surface area contributed by atoms with Gasteiger partial charge in [-0.05, 0) is 19.5 Å². The molecule has 0 saturated carbocycles. The molecule has 0 bridgehead atoms. The first-order valence-electron chi connectivity index (χ1n) is 4.56. The van der Waals surface area contributed by atoms with Gasteiger partial charge in [0.25, 0.3) is 0 Å². The zero-order valence-electron chi connectivity index (χ0n) is 8.05. The van der Waals surface area contributed by atoms with Crippen molar-refractivity contribution >= 4 is 0 Å². The largest absolute Gasteiger partial charge is 0.313 e. The molecule has 3 heteroatoms. The molecule has 13 heavy (non-hydrogen) atoms. The number of aromatic nitrogens is 1. The first kappa shape index (κ1) is 10.1. The van der Waals surface area contributed by atoms with Crippen LogP contribution in [0.3, 0.4) is 0 Å². The molecular formula is C10H15FN2. The summed E-state index contributed by atoms with van der Waals surface area (Å²) in [6.45, 7) is 2.09. The van der Waals surface area contributed by atoms with E-state index in [9.17, 15) is 4.39 Å². The lowest BCUT2D eigenvalue weighted by Gasteiger charge is -2.15. The van der Waals surface area contributed by atoms with Crippen LogP contribution in [0.4, 0.5) is 4.39 Å². The summed E-state index contributed by atoms with van der Waals surface area (Å²) in [5.41, 5.74) is 0.708. The van der Waals surface area contributed by atoms with E-state index in [1.165, 1.54) is 6.20 Å². The number of nitrogens with zero attached hydrogens (tertiary/aromatic N) is 1. The maximum absolute atomic E-state index is 13.2. The van der Waals surface area contributed by atoms with Gasteiger partial charge < -0.3 is 5.32 Å². The third-order valence-corrected chi connectivity index (χ3v) is 2.11. The first-order valence-corrected chi connectivity index (χ1v) is 4.56. The van der Waals surface area contributed by atoms with Crippen molar-refractivity contribution in [3.8, 4) is 0 Å². The van der Waals surface area contributed by atoms with E-state index in [1.54, 1.807) is 12.3 Å². The van der Waals surface area contributed by atoms with Crippen molar-refractivity contribution in [3.05, 3.63) is 29.8 Å². The lowest BCUT2D eigenvalue weighted by molar-refractivity contribution is 0.501. The molecule has 0 radical (unpaired) electrons. The van der Waals surface area contributed by atoms with Crippen LogP contribution in [0.1, 0.15) is 31.4 Å². The monoisotopic (exact) mass is 182 g/mol. The summed E-state index contributed by atoms with van der Waals surface area (Å²) < 4.78 is 13.2.